The molecule has 0 saturated carbocycles. The molecule has 0 unspecified atom stereocenters. The zero-order valence-corrected chi connectivity index (χ0v) is 28.2. The molecule has 1 rings (SSSR count). The van der Waals surface area contributed by atoms with Gasteiger partial charge in [0.1, 0.15) is 0 Å². The van der Waals surface area contributed by atoms with Crippen LogP contribution in [0.4, 0.5) is 17.3 Å². The molecule has 0 aromatic heterocycles. The van der Waals surface area contributed by atoms with Crippen molar-refractivity contribution in [1.29, 1.82) is 0 Å². The number of aryl methyl sites for hydroxylation is 2. The standard InChI is InChI=1S/C26H47P2.CH3.BF4.Rh/c1-19-15-20(2)22(18-28(25(9,10)11)26(12,13)14)16-21(19)17-27(23(3,4)5)24(6,7)8;;2-1(3,4)5;/h15H,17-18H2,1-14H3;1H3;;/q3*-1;+3. The van der Waals surface area contributed by atoms with Gasteiger partial charge in [0.25, 0.3) is 0 Å². The second-order valence-corrected chi connectivity index (χ2v) is 20.7. The molecular formula is C27H50BF4P2Rh. The normalized spacial score (nSPS) is 13.1. The van der Waals surface area contributed by atoms with Gasteiger partial charge in [0.15, 0.2) is 0 Å². The Morgan fingerprint density at radius 1 is 0.629 bits per heavy atom. The first-order valence-electron chi connectivity index (χ1n) is 11.7. The molecule has 0 N–H and O–H groups in total. The Morgan fingerprint density at radius 2 is 0.829 bits per heavy atom. The summed E-state index contributed by atoms with van der Waals surface area (Å²) in [5.41, 5.74) is 5.79. The monoisotopic (exact) mass is 626 g/mol. The third-order valence-corrected chi connectivity index (χ3v) is 13.3. The second-order valence-electron chi connectivity index (χ2n) is 12.9. The van der Waals surface area contributed by atoms with Crippen LogP contribution in [0.1, 0.15) is 105 Å². The summed E-state index contributed by atoms with van der Waals surface area (Å²) in [5.74, 6) is 0. The Morgan fingerprint density at radius 3 is 1.00 bits per heavy atom. The zero-order valence-electron chi connectivity index (χ0n) is 24.8. The van der Waals surface area contributed by atoms with Gasteiger partial charge in [0.2, 0.25) is 0 Å². The second kappa shape index (κ2) is 14.0. The van der Waals surface area contributed by atoms with Gasteiger partial charge in [0, 0.05) is 0 Å². The number of hydrogen-bond acceptors (Lipinski definition) is 0. The Bertz CT molecular complexity index is 679. The van der Waals surface area contributed by atoms with E-state index in [-0.39, 0.29) is 42.7 Å². The predicted molar refractivity (Wildman–Crippen MR) is 152 cm³/mol. The maximum Gasteiger partial charge on any atom is 3.00 e. The van der Waals surface area contributed by atoms with Crippen LogP contribution in [0.15, 0.2) is 6.07 Å². The summed E-state index contributed by atoms with van der Waals surface area (Å²) in [6.07, 6.45) is 2.37. The van der Waals surface area contributed by atoms with E-state index in [1.54, 1.807) is 0 Å². The molecule has 35 heavy (non-hydrogen) atoms. The molecule has 1 aromatic rings. The van der Waals surface area contributed by atoms with E-state index in [0.29, 0.717) is 20.6 Å². The maximum absolute atomic E-state index is 9.75. The third-order valence-electron chi connectivity index (χ3n) is 5.56. The molecule has 0 fully saturated rings. The summed E-state index contributed by atoms with van der Waals surface area (Å²) >= 11 is 0. The van der Waals surface area contributed by atoms with Crippen LogP contribution >= 0.6 is 15.8 Å². The average Bonchev–Trinajstić information content (AvgIpc) is 2.46. The van der Waals surface area contributed by atoms with Gasteiger partial charge < -0.3 is 24.7 Å². The first kappa shape index (κ1) is 40.0. The van der Waals surface area contributed by atoms with Gasteiger partial charge in [-0.25, -0.2) is 0 Å². The fraction of sp³-hybridized carbons (Fsp3) is 0.741. The molecule has 1 aromatic carbocycles. The van der Waals surface area contributed by atoms with Crippen molar-refractivity contribution in [3.05, 3.63) is 41.8 Å². The Kier molecular flexibility index (Phi) is 16.0. The fourth-order valence-corrected chi connectivity index (χ4v) is 11.7. The molecule has 0 amide bonds. The van der Waals surface area contributed by atoms with Crippen molar-refractivity contribution >= 4 is 23.1 Å². The van der Waals surface area contributed by atoms with Gasteiger partial charge >= 0.3 is 26.7 Å². The van der Waals surface area contributed by atoms with Crippen LogP contribution in [0.25, 0.3) is 0 Å². The largest absolute Gasteiger partial charge is 3.00 e. The molecule has 0 heterocycles. The van der Waals surface area contributed by atoms with Crippen molar-refractivity contribution in [2.75, 3.05) is 0 Å². The van der Waals surface area contributed by atoms with Gasteiger partial charge in [-0.3, -0.25) is 0 Å². The summed E-state index contributed by atoms with van der Waals surface area (Å²) < 4.78 is 39.0. The summed E-state index contributed by atoms with van der Waals surface area (Å²) in [6.45, 7) is 33.7. The van der Waals surface area contributed by atoms with Crippen molar-refractivity contribution in [2.45, 2.75) is 130 Å². The van der Waals surface area contributed by atoms with Crippen molar-refractivity contribution in [3.8, 4) is 0 Å². The minimum Gasteiger partial charge on any atom is -0.418 e. The first-order chi connectivity index (χ1) is 14.2. The molecule has 0 aliphatic heterocycles. The molecule has 208 valence electrons. The molecule has 0 saturated heterocycles. The molecule has 0 bridgehead atoms. The van der Waals surface area contributed by atoms with Crippen molar-refractivity contribution < 1.29 is 36.7 Å². The number of hydrogen-bond donors (Lipinski definition) is 0. The molecule has 0 radical (unpaired) electrons. The Hall–Kier alpha value is 0.488. The summed E-state index contributed by atoms with van der Waals surface area (Å²) in [5, 5.41) is 1.40. The van der Waals surface area contributed by atoms with E-state index in [4.69, 9.17) is 0 Å². The van der Waals surface area contributed by atoms with E-state index < -0.39 is 7.25 Å². The van der Waals surface area contributed by atoms with Gasteiger partial charge in [-0.2, -0.15) is 34.4 Å². The quantitative estimate of drug-likeness (QED) is 0.135. The molecule has 0 aliphatic rings. The van der Waals surface area contributed by atoms with Crippen LogP contribution in [0.5, 0.6) is 0 Å². The van der Waals surface area contributed by atoms with E-state index in [0.717, 1.165) is 0 Å². The van der Waals surface area contributed by atoms with Gasteiger partial charge in [-0.15, -0.1) is 0 Å². The SMILES string of the molecule is Cc1cc(C)c(CP(C(C)(C)C)C(C)(C)C)[c-]c1CP(C(C)(C)C)C(C)(C)C.F[B-](F)(F)F.[CH3-].[Rh+3]. The van der Waals surface area contributed by atoms with Crippen molar-refractivity contribution in [3.63, 3.8) is 0 Å². The Labute approximate surface area is 231 Å². The first-order valence-corrected chi connectivity index (χ1v) is 14.7. The fourth-order valence-electron chi connectivity index (χ4n) is 4.48. The number of benzene rings is 1. The number of rotatable bonds is 4. The maximum atomic E-state index is 9.75. The van der Waals surface area contributed by atoms with Crippen LogP contribution in [-0.2, 0) is 31.8 Å². The number of halogens is 4. The third kappa shape index (κ3) is 15.5. The van der Waals surface area contributed by atoms with E-state index >= 15 is 0 Å². The zero-order chi connectivity index (χ0) is 26.8. The van der Waals surface area contributed by atoms with Crippen LogP contribution in [0.2, 0.25) is 0 Å². The Balaban J connectivity index is -0.00000132. The van der Waals surface area contributed by atoms with Gasteiger partial charge in [-0.1, -0.05) is 113 Å². The smallest absolute Gasteiger partial charge is 0.418 e. The summed E-state index contributed by atoms with van der Waals surface area (Å²) in [6, 6.07) is 6.39. The average molecular weight is 626 g/mol. The van der Waals surface area contributed by atoms with Crippen molar-refractivity contribution in [1.82, 2.24) is 0 Å². The van der Waals surface area contributed by atoms with Gasteiger partial charge in [0.05, 0.1) is 0 Å². The van der Waals surface area contributed by atoms with Crippen LogP contribution < -0.4 is 0 Å². The van der Waals surface area contributed by atoms with Gasteiger partial charge in [-0.05, 0) is 32.9 Å². The van der Waals surface area contributed by atoms with E-state index in [9.17, 15) is 17.3 Å². The van der Waals surface area contributed by atoms with E-state index in [1.165, 1.54) is 34.6 Å². The minimum atomic E-state index is -6.00. The topological polar surface area (TPSA) is 0 Å². The molecular weight excluding hydrogens is 576 g/mol. The van der Waals surface area contributed by atoms with Crippen LogP contribution in [-0.4, -0.2) is 27.9 Å². The van der Waals surface area contributed by atoms with Crippen LogP contribution in [0, 0.1) is 27.3 Å². The molecule has 0 nitrogen and oxygen atoms in total. The van der Waals surface area contributed by atoms with E-state index in [1.807, 2.05) is 0 Å². The van der Waals surface area contributed by atoms with E-state index in [2.05, 4.69) is 109 Å². The van der Waals surface area contributed by atoms with Crippen molar-refractivity contribution in [2.24, 2.45) is 0 Å². The molecule has 8 heteroatoms. The molecule has 0 aliphatic carbocycles. The summed E-state index contributed by atoms with van der Waals surface area (Å²) in [7, 11) is -6.30. The van der Waals surface area contributed by atoms with Crippen LogP contribution in [0.3, 0.4) is 0 Å². The minimum absolute atomic E-state index is 0. The molecule has 0 spiro atoms. The molecule has 0 atom stereocenters. The predicted octanol–water partition coefficient (Wildman–Crippen LogP) is 11.0. The summed E-state index contributed by atoms with van der Waals surface area (Å²) in [4.78, 5) is 0.